The van der Waals surface area contributed by atoms with Crippen molar-refractivity contribution in [1.29, 1.82) is 0 Å². The zero-order valence-corrected chi connectivity index (χ0v) is 12.4. The molecule has 18 heavy (non-hydrogen) atoms. The van der Waals surface area contributed by atoms with E-state index in [1.165, 1.54) is 10.4 Å². The molecule has 0 saturated carbocycles. The van der Waals surface area contributed by atoms with Gasteiger partial charge in [-0.15, -0.1) is 0 Å². The van der Waals surface area contributed by atoms with E-state index in [1.807, 2.05) is 0 Å². The molecule has 1 aromatic rings. The van der Waals surface area contributed by atoms with Crippen molar-refractivity contribution in [2.24, 2.45) is 0 Å². The molecule has 1 heterocycles. The Balaban J connectivity index is 2.37. The summed E-state index contributed by atoms with van der Waals surface area (Å²) in [6.45, 7) is 1.03. The number of benzene rings is 1. The molecule has 2 rings (SSSR count). The van der Waals surface area contributed by atoms with Gasteiger partial charge in [0.1, 0.15) is 4.90 Å². The quantitative estimate of drug-likeness (QED) is 0.849. The lowest BCUT2D eigenvalue weighted by Crippen LogP contribution is -2.37. The van der Waals surface area contributed by atoms with E-state index in [4.69, 9.17) is 10.5 Å². The van der Waals surface area contributed by atoms with Gasteiger partial charge in [-0.1, -0.05) is 15.9 Å². The van der Waals surface area contributed by atoms with E-state index >= 15 is 0 Å². The Bertz CT molecular complexity index is 541. The van der Waals surface area contributed by atoms with E-state index in [-0.39, 0.29) is 16.6 Å². The van der Waals surface area contributed by atoms with Crippen LogP contribution in [0.15, 0.2) is 27.6 Å². The minimum Gasteiger partial charge on any atom is -0.398 e. The van der Waals surface area contributed by atoms with Crippen molar-refractivity contribution in [1.82, 2.24) is 4.31 Å². The van der Waals surface area contributed by atoms with Crippen molar-refractivity contribution in [2.45, 2.75) is 17.4 Å². The van der Waals surface area contributed by atoms with Gasteiger partial charge in [0.05, 0.1) is 18.3 Å². The SMILES string of the molecule is CN(C1CCOC1)S(=O)(=O)c1cc(Br)ccc1N. The lowest BCUT2D eigenvalue weighted by molar-refractivity contribution is 0.181. The van der Waals surface area contributed by atoms with Crippen LogP contribution in [0.25, 0.3) is 0 Å². The first-order chi connectivity index (χ1) is 8.43. The molecule has 1 fully saturated rings. The van der Waals surface area contributed by atoms with E-state index in [0.29, 0.717) is 24.1 Å². The van der Waals surface area contributed by atoms with Crippen LogP contribution < -0.4 is 5.73 Å². The second kappa shape index (κ2) is 5.16. The minimum atomic E-state index is -3.58. The average molecular weight is 335 g/mol. The van der Waals surface area contributed by atoms with Crippen molar-refractivity contribution in [3.8, 4) is 0 Å². The van der Waals surface area contributed by atoms with Gasteiger partial charge in [-0.2, -0.15) is 4.31 Å². The van der Waals surface area contributed by atoms with E-state index in [1.54, 1.807) is 19.2 Å². The standard InChI is InChI=1S/C11H15BrN2O3S/c1-14(9-4-5-17-7-9)18(15,16)11-6-8(12)2-3-10(11)13/h2-3,6,9H,4-5,7,13H2,1H3. The van der Waals surface area contributed by atoms with Crippen LogP contribution in [-0.2, 0) is 14.8 Å². The number of nitrogen functional groups attached to an aromatic ring is 1. The summed E-state index contributed by atoms with van der Waals surface area (Å²) < 4.78 is 32.2. The Kier molecular flexibility index (Phi) is 3.96. The zero-order valence-electron chi connectivity index (χ0n) is 9.97. The fourth-order valence-electron chi connectivity index (χ4n) is 1.89. The number of ether oxygens (including phenoxy) is 1. The normalized spacial score (nSPS) is 20.5. The van der Waals surface area contributed by atoms with Gasteiger partial charge in [0, 0.05) is 18.1 Å². The molecule has 0 spiro atoms. The third-order valence-corrected chi connectivity index (χ3v) is 5.51. The molecule has 1 saturated heterocycles. The summed E-state index contributed by atoms with van der Waals surface area (Å²) in [5.41, 5.74) is 6.01. The molecule has 1 aliphatic rings. The van der Waals surface area contributed by atoms with Crippen molar-refractivity contribution >= 4 is 31.6 Å². The van der Waals surface area contributed by atoms with Gasteiger partial charge in [-0.3, -0.25) is 0 Å². The summed E-state index contributed by atoms with van der Waals surface area (Å²) in [7, 11) is -2.01. The summed E-state index contributed by atoms with van der Waals surface area (Å²) in [6.07, 6.45) is 0.712. The molecule has 0 radical (unpaired) electrons. The molecule has 1 atom stereocenters. The first kappa shape index (κ1) is 13.8. The Morgan fingerprint density at radius 1 is 1.50 bits per heavy atom. The predicted octanol–water partition coefficient (Wildman–Crippen LogP) is 1.44. The molecule has 1 aromatic carbocycles. The summed E-state index contributed by atoms with van der Waals surface area (Å²) in [6, 6.07) is 4.70. The van der Waals surface area contributed by atoms with E-state index in [9.17, 15) is 8.42 Å². The first-order valence-corrected chi connectivity index (χ1v) is 7.77. The molecule has 1 unspecified atom stereocenters. The third kappa shape index (κ3) is 2.54. The number of rotatable bonds is 3. The molecular weight excluding hydrogens is 320 g/mol. The summed E-state index contributed by atoms with van der Waals surface area (Å²) >= 11 is 3.26. The summed E-state index contributed by atoms with van der Waals surface area (Å²) in [5.74, 6) is 0. The van der Waals surface area contributed by atoms with Gasteiger partial charge in [-0.25, -0.2) is 8.42 Å². The molecule has 7 heteroatoms. The molecule has 0 bridgehead atoms. The second-order valence-corrected chi connectivity index (χ2v) is 7.10. The van der Waals surface area contributed by atoms with Gasteiger partial charge in [0.25, 0.3) is 0 Å². The molecule has 2 N–H and O–H groups in total. The van der Waals surface area contributed by atoms with Gasteiger partial charge in [-0.05, 0) is 24.6 Å². The van der Waals surface area contributed by atoms with E-state index < -0.39 is 10.0 Å². The molecule has 5 nitrogen and oxygen atoms in total. The van der Waals surface area contributed by atoms with Crippen molar-refractivity contribution < 1.29 is 13.2 Å². The highest BCUT2D eigenvalue weighted by Crippen LogP contribution is 2.27. The maximum absolute atomic E-state index is 12.5. The number of nitrogens with zero attached hydrogens (tertiary/aromatic N) is 1. The fraction of sp³-hybridized carbons (Fsp3) is 0.455. The number of sulfonamides is 1. The molecule has 0 amide bonds. The summed E-state index contributed by atoms with van der Waals surface area (Å²) in [5, 5.41) is 0. The first-order valence-electron chi connectivity index (χ1n) is 5.53. The Morgan fingerprint density at radius 3 is 2.83 bits per heavy atom. The van der Waals surface area contributed by atoms with Crippen molar-refractivity contribution in [3.63, 3.8) is 0 Å². The van der Waals surface area contributed by atoms with Crippen molar-refractivity contribution in [3.05, 3.63) is 22.7 Å². The van der Waals surface area contributed by atoms with E-state index in [0.717, 1.165) is 0 Å². The van der Waals surface area contributed by atoms with Gasteiger partial charge < -0.3 is 10.5 Å². The van der Waals surface area contributed by atoms with Crippen LogP contribution in [0, 0.1) is 0 Å². The Labute approximate surface area is 115 Å². The van der Waals surface area contributed by atoms with Crippen LogP contribution in [0.4, 0.5) is 5.69 Å². The number of hydrogen-bond donors (Lipinski definition) is 1. The van der Waals surface area contributed by atoms with Crippen LogP contribution in [0.1, 0.15) is 6.42 Å². The molecular formula is C11H15BrN2O3S. The Hall–Kier alpha value is -0.630. The maximum Gasteiger partial charge on any atom is 0.245 e. The highest BCUT2D eigenvalue weighted by Gasteiger charge is 2.31. The minimum absolute atomic E-state index is 0.117. The van der Waals surface area contributed by atoms with E-state index in [2.05, 4.69) is 15.9 Å². The topological polar surface area (TPSA) is 72.6 Å². The van der Waals surface area contributed by atoms with Crippen LogP contribution in [0.3, 0.4) is 0 Å². The van der Waals surface area contributed by atoms with Crippen LogP contribution in [0.2, 0.25) is 0 Å². The van der Waals surface area contributed by atoms with Crippen LogP contribution in [-0.4, -0.2) is 39.0 Å². The van der Waals surface area contributed by atoms with Gasteiger partial charge in [0.15, 0.2) is 0 Å². The lowest BCUT2D eigenvalue weighted by Gasteiger charge is -2.23. The fourth-order valence-corrected chi connectivity index (χ4v) is 3.92. The highest BCUT2D eigenvalue weighted by molar-refractivity contribution is 9.10. The maximum atomic E-state index is 12.5. The molecule has 0 aromatic heterocycles. The second-order valence-electron chi connectivity index (χ2n) is 4.22. The van der Waals surface area contributed by atoms with Crippen LogP contribution >= 0.6 is 15.9 Å². The van der Waals surface area contributed by atoms with Crippen LogP contribution in [0.5, 0.6) is 0 Å². The number of halogens is 1. The number of likely N-dealkylation sites (N-methyl/N-ethyl adjacent to an activating group) is 1. The summed E-state index contributed by atoms with van der Waals surface area (Å²) in [4.78, 5) is 0.131. The zero-order chi connectivity index (χ0) is 13.3. The predicted molar refractivity (Wildman–Crippen MR) is 72.7 cm³/mol. The Morgan fingerprint density at radius 2 is 2.22 bits per heavy atom. The molecule has 1 aliphatic heterocycles. The molecule has 0 aliphatic carbocycles. The van der Waals surface area contributed by atoms with Gasteiger partial charge in [0.2, 0.25) is 10.0 Å². The lowest BCUT2D eigenvalue weighted by atomic mass is 10.3. The smallest absolute Gasteiger partial charge is 0.245 e. The molecule has 100 valence electrons. The number of anilines is 1. The van der Waals surface area contributed by atoms with Gasteiger partial charge >= 0.3 is 0 Å². The average Bonchev–Trinajstić information content (AvgIpc) is 2.84. The number of hydrogen-bond acceptors (Lipinski definition) is 4. The largest absolute Gasteiger partial charge is 0.398 e. The monoisotopic (exact) mass is 334 g/mol. The van der Waals surface area contributed by atoms with Crippen molar-refractivity contribution in [2.75, 3.05) is 26.0 Å². The number of nitrogens with two attached hydrogens (primary N) is 1. The highest BCUT2D eigenvalue weighted by atomic mass is 79.9. The third-order valence-electron chi connectivity index (χ3n) is 3.05.